The summed E-state index contributed by atoms with van der Waals surface area (Å²) in [4.78, 5) is 10.2. The molecule has 0 atom stereocenters. The highest BCUT2D eigenvalue weighted by atomic mass is 15.0. The summed E-state index contributed by atoms with van der Waals surface area (Å²) in [6, 6.07) is 60.7. The minimum atomic E-state index is 0.881. The fourth-order valence-electron chi connectivity index (χ4n) is 8.47. The van der Waals surface area contributed by atoms with E-state index in [1.165, 1.54) is 60.8 Å². The van der Waals surface area contributed by atoms with Crippen LogP contribution >= 0.6 is 0 Å². The molecule has 0 saturated heterocycles. The number of nitrogens with zero attached hydrogens (tertiary/aromatic N) is 4. The lowest BCUT2D eigenvalue weighted by Gasteiger charge is -2.13. The average molecular weight is 691 g/mol. The third-order valence-electron chi connectivity index (χ3n) is 11.0. The predicted octanol–water partition coefficient (Wildman–Crippen LogP) is 12.6. The second kappa shape index (κ2) is 12.3. The predicted molar refractivity (Wildman–Crippen MR) is 224 cm³/mol. The summed E-state index contributed by atoms with van der Waals surface area (Å²) in [5.74, 6) is 0. The molecule has 1 aliphatic rings. The van der Waals surface area contributed by atoms with E-state index in [-0.39, 0.29) is 0 Å². The van der Waals surface area contributed by atoms with Crippen LogP contribution in [0.3, 0.4) is 0 Å². The lowest BCUT2D eigenvalue weighted by atomic mass is 9.98. The molecule has 3 aromatic heterocycles. The number of hydrogen-bond acceptors (Lipinski definition) is 2. The van der Waals surface area contributed by atoms with Crippen molar-refractivity contribution in [1.29, 1.82) is 0 Å². The fourth-order valence-corrected chi connectivity index (χ4v) is 8.47. The summed E-state index contributed by atoms with van der Waals surface area (Å²) >= 11 is 0. The van der Waals surface area contributed by atoms with E-state index in [9.17, 15) is 0 Å². The Labute approximate surface area is 312 Å². The molecule has 0 spiro atoms. The third-order valence-corrected chi connectivity index (χ3v) is 11.0. The number of allylic oxidation sites excluding steroid dienone is 1. The lowest BCUT2D eigenvalue weighted by molar-refractivity contribution is 0.888. The van der Waals surface area contributed by atoms with Gasteiger partial charge in [-0.05, 0) is 90.7 Å². The number of aromatic nitrogens is 4. The van der Waals surface area contributed by atoms with Gasteiger partial charge in [0.1, 0.15) is 0 Å². The van der Waals surface area contributed by atoms with Crippen molar-refractivity contribution in [2.24, 2.45) is 0 Å². The van der Waals surface area contributed by atoms with Crippen molar-refractivity contribution in [2.45, 2.75) is 12.8 Å². The van der Waals surface area contributed by atoms with E-state index in [1.54, 1.807) is 0 Å². The van der Waals surface area contributed by atoms with Crippen molar-refractivity contribution >= 4 is 49.8 Å². The Bertz CT molecular complexity index is 3080. The molecule has 0 bridgehead atoms. The fraction of sp³-hybridized carbons (Fsp3) is 0.0400. The van der Waals surface area contributed by atoms with Gasteiger partial charge in [0.2, 0.25) is 0 Å². The maximum atomic E-state index is 5.14. The first-order chi connectivity index (χ1) is 26.8. The largest absolute Gasteiger partial charge is 0.313 e. The maximum absolute atomic E-state index is 5.14. The van der Waals surface area contributed by atoms with Crippen molar-refractivity contribution in [3.05, 3.63) is 187 Å². The van der Waals surface area contributed by atoms with Gasteiger partial charge in [0.05, 0.1) is 39.0 Å². The first-order valence-corrected chi connectivity index (χ1v) is 18.6. The highest BCUT2D eigenvalue weighted by Gasteiger charge is 2.20. The van der Waals surface area contributed by atoms with Crippen LogP contribution in [0.15, 0.2) is 176 Å². The zero-order chi connectivity index (χ0) is 35.6. The summed E-state index contributed by atoms with van der Waals surface area (Å²) in [6.45, 7) is 0. The van der Waals surface area contributed by atoms with Gasteiger partial charge in [0, 0.05) is 49.9 Å². The second-order valence-electron chi connectivity index (χ2n) is 14.1. The van der Waals surface area contributed by atoms with Gasteiger partial charge < -0.3 is 9.13 Å². The second-order valence-corrected chi connectivity index (χ2v) is 14.1. The Balaban J connectivity index is 1.03. The topological polar surface area (TPSA) is 35.6 Å². The van der Waals surface area contributed by atoms with Crippen molar-refractivity contribution in [3.8, 4) is 45.0 Å². The van der Waals surface area contributed by atoms with Gasteiger partial charge in [-0.25, -0.2) is 9.97 Å². The summed E-state index contributed by atoms with van der Waals surface area (Å²) in [6.07, 6.45) is 6.75. The van der Waals surface area contributed by atoms with E-state index in [0.29, 0.717) is 0 Å². The lowest BCUT2D eigenvalue weighted by Crippen LogP contribution is -2.02. The van der Waals surface area contributed by atoms with Crippen LogP contribution in [-0.4, -0.2) is 19.1 Å². The average Bonchev–Trinajstić information content (AvgIpc) is 3.76. The van der Waals surface area contributed by atoms with Crippen molar-refractivity contribution in [1.82, 2.24) is 19.1 Å². The molecule has 0 aliphatic heterocycles. The molecule has 0 radical (unpaired) electrons. The Morgan fingerprint density at radius 3 is 1.67 bits per heavy atom. The molecule has 0 saturated carbocycles. The summed E-state index contributed by atoms with van der Waals surface area (Å²) in [7, 11) is 0. The van der Waals surface area contributed by atoms with E-state index in [1.807, 2.05) is 30.3 Å². The number of rotatable bonds is 5. The molecule has 1 aliphatic carbocycles. The molecule has 4 nitrogen and oxygen atoms in total. The zero-order valence-corrected chi connectivity index (χ0v) is 29.5. The Morgan fingerprint density at radius 2 is 0.944 bits per heavy atom. The van der Waals surface area contributed by atoms with Gasteiger partial charge in [-0.2, -0.15) is 0 Å². The third kappa shape index (κ3) is 4.84. The number of hydrogen-bond donors (Lipinski definition) is 0. The first kappa shape index (κ1) is 30.6. The smallest absolute Gasteiger partial charge is 0.0973 e. The van der Waals surface area contributed by atoms with Crippen LogP contribution < -0.4 is 0 Å². The van der Waals surface area contributed by atoms with Crippen LogP contribution in [0, 0.1) is 0 Å². The molecule has 0 amide bonds. The molecule has 11 rings (SSSR count). The molecule has 0 N–H and O–H groups in total. The van der Waals surface area contributed by atoms with Gasteiger partial charge in [0.15, 0.2) is 0 Å². The van der Waals surface area contributed by atoms with Crippen LogP contribution in [0.1, 0.15) is 17.7 Å². The van der Waals surface area contributed by atoms with Gasteiger partial charge in [0.25, 0.3) is 0 Å². The van der Waals surface area contributed by atoms with Crippen LogP contribution in [0.4, 0.5) is 0 Å². The van der Waals surface area contributed by atoms with E-state index in [4.69, 9.17) is 9.97 Å². The molecule has 254 valence electrons. The van der Waals surface area contributed by atoms with E-state index < -0.39 is 0 Å². The van der Waals surface area contributed by atoms with E-state index >= 15 is 0 Å². The first-order valence-electron chi connectivity index (χ1n) is 18.6. The minimum absolute atomic E-state index is 0.881. The van der Waals surface area contributed by atoms with Gasteiger partial charge in [-0.15, -0.1) is 0 Å². The molecule has 0 fully saturated rings. The van der Waals surface area contributed by atoms with Crippen molar-refractivity contribution < 1.29 is 0 Å². The molecular formula is C50H34N4. The summed E-state index contributed by atoms with van der Waals surface area (Å²) < 4.78 is 4.84. The minimum Gasteiger partial charge on any atom is -0.313 e. The van der Waals surface area contributed by atoms with Crippen molar-refractivity contribution in [3.63, 3.8) is 0 Å². The van der Waals surface area contributed by atoms with Gasteiger partial charge in [-0.3, -0.25) is 0 Å². The zero-order valence-electron chi connectivity index (χ0n) is 29.5. The molecule has 7 aromatic carbocycles. The molecular weight excluding hydrogens is 657 g/mol. The standard InChI is InChI=1S/C50H34N4/c1-3-13-33(14-4-1)49-50(52-44-20-10-9-19-43(44)51-49)34-23-27-38(28-24-34)54-46-22-12-8-18-40(46)42-32-36(26-30-48(42)54)35-25-29-47-41(31-35)39-17-7-11-21-45(39)53(47)37-15-5-2-6-16-37/h1-10,12-20,22-32H,11,21H2. The SMILES string of the molecule is C1=Cc2c(n(-c3ccccc3)c3ccc(-c4ccc5c(c4)c4ccccc4n5-c4ccc(-c5nc6ccccc6nc5-c5ccccc5)cc4)cc23)CC1. The Kier molecular flexibility index (Phi) is 6.96. The molecule has 54 heavy (non-hydrogen) atoms. The molecule has 4 heteroatoms. The van der Waals surface area contributed by atoms with Crippen molar-refractivity contribution in [2.75, 3.05) is 0 Å². The summed E-state index contributed by atoms with van der Waals surface area (Å²) in [5.41, 5.74) is 16.8. The molecule has 10 aromatic rings. The van der Waals surface area contributed by atoms with Crippen LogP contribution in [0.5, 0.6) is 0 Å². The van der Waals surface area contributed by atoms with Crippen LogP contribution in [0.25, 0.3) is 94.8 Å². The number of para-hydroxylation sites is 4. The Hall–Kier alpha value is -7.04. The monoisotopic (exact) mass is 690 g/mol. The van der Waals surface area contributed by atoms with Gasteiger partial charge in [-0.1, -0.05) is 115 Å². The van der Waals surface area contributed by atoms with E-state index in [0.717, 1.165) is 52.1 Å². The molecule has 0 unspecified atom stereocenters. The Morgan fingerprint density at radius 1 is 0.407 bits per heavy atom. The number of fused-ring (bicyclic) bond motifs is 7. The van der Waals surface area contributed by atoms with Crippen LogP contribution in [-0.2, 0) is 6.42 Å². The quantitative estimate of drug-likeness (QED) is 0.180. The normalized spacial score (nSPS) is 12.6. The van der Waals surface area contributed by atoms with E-state index in [2.05, 4.69) is 161 Å². The number of benzene rings is 7. The summed E-state index contributed by atoms with van der Waals surface area (Å²) in [5, 5.41) is 3.78. The van der Waals surface area contributed by atoms with Gasteiger partial charge >= 0.3 is 0 Å². The maximum Gasteiger partial charge on any atom is 0.0973 e. The molecule has 3 heterocycles. The highest BCUT2D eigenvalue weighted by molar-refractivity contribution is 6.11. The highest BCUT2D eigenvalue weighted by Crippen LogP contribution is 2.39. The van der Waals surface area contributed by atoms with Crippen LogP contribution in [0.2, 0.25) is 0 Å².